The van der Waals surface area contributed by atoms with Crippen LogP contribution in [0.5, 0.6) is 5.75 Å². The Balaban J connectivity index is 1.67. The van der Waals surface area contributed by atoms with E-state index in [2.05, 4.69) is 16.5 Å². The van der Waals surface area contributed by atoms with E-state index in [9.17, 15) is 4.79 Å². The Kier molecular flexibility index (Phi) is 4.37. The Morgan fingerprint density at radius 1 is 1.22 bits per heavy atom. The molecule has 23 heavy (non-hydrogen) atoms. The molecule has 5 heteroatoms. The molecule has 0 radical (unpaired) electrons. The molecule has 3 rings (SSSR count). The van der Waals surface area contributed by atoms with Crippen molar-refractivity contribution < 1.29 is 14.1 Å². The minimum absolute atomic E-state index is 0.228. The number of anilines is 1. The number of nitrogens with one attached hydrogen (secondary N) is 1. The molecule has 1 atom stereocenters. The van der Waals surface area contributed by atoms with Crippen LogP contribution in [0.4, 0.5) is 5.88 Å². The number of fused-ring (bicyclic) bond motifs is 1. The Morgan fingerprint density at radius 3 is 2.65 bits per heavy atom. The third-order valence-electron chi connectivity index (χ3n) is 4.07. The number of hydrogen-bond donors (Lipinski definition) is 1. The van der Waals surface area contributed by atoms with Gasteiger partial charge in [0.15, 0.2) is 6.10 Å². The van der Waals surface area contributed by atoms with Crippen molar-refractivity contribution in [2.45, 2.75) is 52.6 Å². The van der Waals surface area contributed by atoms with E-state index in [4.69, 9.17) is 9.26 Å². The van der Waals surface area contributed by atoms with Crippen molar-refractivity contribution in [2.75, 3.05) is 5.32 Å². The molecular weight excluding hydrogens is 292 g/mol. The second-order valence-electron chi connectivity index (χ2n) is 6.22. The number of benzene rings is 1. The summed E-state index contributed by atoms with van der Waals surface area (Å²) in [7, 11) is 0. The predicted molar refractivity (Wildman–Crippen MR) is 87.8 cm³/mol. The van der Waals surface area contributed by atoms with Crippen LogP contribution in [0.2, 0.25) is 0 Å². The third-order valence-corrected chi connectivity index (χ3v) is 4.07. The van der Waals surface area contributed by atoms with Gasteiger partial charge in [-0.25, -0.2) is 0 Å². The maximum atomic E-state index is 12.3. The summed E-state index contributed by atoms with van der Waals surface area (Å²) in [5, 5.41) is 6.85. The van der Waals surface area contributed by atoms with Crippen molar-refractivity contribution in [3.8, 4) is 5.75 Å². The molecule has 1 amide bonds. The molecule has 0 saturated carbocycles. The number of hydrogen-bond acceptors (Lipinski definition) is 4. The number of nitrogens with zero attached hydrogens (tertiary/aromatic N) is 1. The van der Waals surface area contributed by atoms with Crippen molar-refractivity contribution in [3.63, 3.8) is 0 Å². The van der Waals surface area contributed by atoms with Gasteiger partial charge in [-0.2, -0.15) is 0 Å². The first kappa shape index (κ1) is 15.6. The minimum Gasteiger partial charge on any atom is -0.481 e. The maximum absolute atomic E-state index is 12.3. The molecule has 0 saturated heterocycles. The van der Waals surface area contributed by atoms with Gasteiger partial charge >= 0.3 is 0 Å². The monoisotopic (exact) mass is 314 g/mol. The Morgan fingerprint density at radius 2 is 1.91 bits per heavy atom. The van der Waals surface area contributed by atoms with Crippen LogP contribution in [-0.4, -0.2) is 17.2 Å². The van der Waals surface area contributed by atoms with Crippen molar-refractivity contribution in [1.29, 1.82) is 0 Å². The molecule has 1 unspecified atom stereocenters. The normalized spacial score (nSPS) is 14.9. The van der Waals surface area contributed by atoms with Crippen LogP contribution in [0.1, 0.15) is 42.1 Å². The molecule has 1 N–H and O–H groups in total. The fourth-order valence-electron chi connectivity index (χ4n) is 2.96. The summed E-state index contributed by atoms with van der Waals surface area (Å²) < 4.78 is 11.0. The average molecular weight is 314 g/mol. The summed E-state index contributed by atoms with van der Waals surface area (Å²) in [6.45, 7) is 5.74. The second kappa shape index (κ2) is 6.44. The second-order valence-corrected chi connectivity index (χ2v) is 6.22. The first-order valence-corrected chi connectivity index (χ1v) is 8.06. The fraction of sp³-hybridized carbons (Fsp3) is 0.444. The zero-order valence-electron chi connectivity index (χ0n) is 13.8. The molecule has 0 fully saturated rings. The molecule has 0 bridgehead atoms. The van der Waals surface area contributed by atoms with E-state index in [0.717, 1.165) is 48.1 Å². The highest BCUT2D eigenvalue weighted by Gasteiger charge is 2.23. The first-order valence-electron chi connectivity index (χ1n) is 8.06. The molecule has 5 nitrogen and oxygen atoms in total. The molecule has 1 aliphatic rings. The van der Waals surface area contributed by atoms with E-state index in [1.54, 1.807) is 6.92 Å². The van der Waals surface area contributed by atoms with Gasteiger partial charge in [0, 0.05) is 5.56 Å². The van der Waals surface area contributed by atoms with E-state index in [1.165, 1.54) is 0 Å². The summed E-state index contributed by atoms with van der Waals surface area (Å²) in [4.78, 5) is 12.3. The first-order chi connectivity index (χ1) is 11.0. The van der Waals surface area contributed by atoms with Crippen molar-refractivity contribution in [3.05, 3.63) is 40.6 Å². The van der Waals surface area contributed by atoms with Crippen molar-refractivity contribution >= 4 is 11.8 Å². The lowest BCUT2D eigenvalue weighted by atomic mass is 9.98. The third kappa shape index (κ3) is 3.55. The lowest BCUT2D eigenvalue weighted by Gasteiger charge is -2.15. The predicted octanol–water partition coefficient (Wildman–Crippen LogP) is 3.58. The van der Waals surface area contributed by atoms with Crippen LogP contribution in [0.3, 0.4) is 0 Å². The number of carbonyl (C=O) groups excluding carboxylic acids is 1. The zero-order chi connectivity index (χ0) is 16.4. The maximum Gasteiger partial charge on any atom is 0.267 e. The van der Waals surface area contributed by atoms with Gasteiger partial charge in [-0.1, -0.05) is 11.2 Å². The number of rotatable bonds is 4. The molecular formula is C18H22N2O3. The van der Waals surface area contributed by atoms with Gasteiger partial charge in [-0.05, 0) is 69.7 Å². The van der Waals surface area contributed by atoms with E-state index in [0.29, 0.717) is 11.6 Å². The smallest absolute Gasteiger partial charge is 0.267 e. The molecule has 1 aliphatic carbocycles. The summed E-state index contributed by atoms with van der Waals surface area (Å²) in [6.07, 6.45) is 3.44. The van der Waals surface area contributed by atoms with Gasteiger partial charge in [0.25, 0.3) is 5.91 Å². The van der Waals surface area contributed by atoms with Crippen LogP contribution in [0.15, 0.2) is 22.7 Å². The van der Waals surface area contributed by atoms with E-state index >= 15 is 0 Å². The highest BCUT2D eigenvalue weighted by atomic mass is 16.5. The van der Waals surface area contributed by atoms with Gasteiger partial charge < -0.3 is 9.26 Å². The van der Waals surface area contributed by atoms with Crippen molar-refractivity contribution in [1.82, 2.24) is 5.16 Å². The van der Waals surface area contributed by atoms with Crippen LogP contribution in [0, 0.1) is 13.8 Å². The van der Waals surface area contributed by atoms with Gasteiger partial charge in [-0.3, -0.25) is 10.1 Å². The largest absolute Gasteiger partial charge is 0.481 e. The summed E-state index contributed by atoms with van der Waals surface area (Å²) >= 11 is 0. The van der Waals surface area contributed by atoms with E-state index in [1.807, 2.05) is 26.0 Å². The molecule has 1 aromatic carbocycles. The Hall–Kier alpha value is -2.30. The number of aromatic nitrogens is 1. The molecule has 1 heterocycles. The number of amides is 1. The topological polar surface area (TPSA) is 64.4 Å². The Bertz CT molecular complexity index is 701. The zero-order valence-corrected chi connectivity index (χ0v) is 13.8. The van der Waals surface area contributed by atoms with Crippen LogP contribution >= 0.6 is 0 Å². The lowest BCUT2D eigenvalue weighted by Crippen LogP contribution is -2.30. The quantitative estimate of drug-likeness (QED) is 0.937. The van der Waals surface area contributed by atoms with Crippen LogP contribution in [-0.2, 0) is 17.6 Å². The summed E-state index contributed by atoms with van der Waals surface area (Å²) in [6, 6.07) is 5.92. The molecule has 0 aliphatic heterocycles. The van der Waals surface area contributed by atoms with Crippen LogP contribution in [0.25, 0.3) is 0 Å². The van der Waals surface area contributed by atoms with Crippen LogP contribution < -0.4 is 10.1 Å². The van der Waals surface area contributed by atoms with Gasteiger partial charge in [0.1, 0.15) is 5.75 Å². The molecule has 2 aromatic rings. The fourth-order valence-corrected chi connectivity index (χ4v) is 2.96. The van der Waals surface area contributed by atoms with Gasteiger partial charge in [0.05, 0.1) is 5.69 Å². The van der Waals surface area contributed by atoms with Gasteiger partial charge in [0.2, 0.25) is 5.88 Å². The Labute approximate surface area is 136 Å². The average Bonchev–Trinajstić information content (AvgIpc) is 2.89. The SMILES string of the molecule is Cc1cc(C)cc(OC(C)C(=O)Nc2onc3c2CCCC3)c1. The highest BCUT2D eigenvalue weighted by Crippen LogP contribution is 2.27. The van der Waals surface area contributed by atoms with E-state index < -0.39 is 6.10 Å². The molecule has 1 aromatic heterocycles. The molecule has 0 spiro atoms. The summed E-state index contributed by atoms with van der Waals surface area (Å²) in [5.74, 6) is 0.944. The minimum atomic E-state index is -0.611. The van der Waals surface area contributed by atoms with Crippen molar-refractivity contribution in [2.24, 2.45) is 0 Å². The highest BCUT2D eigenvalue weighted by molar-refractivity contribution is 5.93. The molecule has 122 valence electrons. The number of carbonyl (C=O) groups is 1. The number of ether oxygens (including phenoxy) is 1. The summed E-state index contributed by atoms with van der Waals surface area (Å²) in [5.41, 5.74) is 4.21. The standard InChI is InChI=1S/C18H22N2O3/c1-11-8-12(2)10-14(9-11)22-13(3)17(21)19-18-15-6-4-5-7-16(15)20-23-18/h8-10,13H,4-7H2,1-3H3,(H,19,21). The number of aryl methyl sites for hydroxylation is 3. The lowest BCUT2D eigenvalue weighted by molar-refractivity contribution is -0.122. The van der Waals surface area contributed by atoms with Gasteiger partial charge in [-0.15, -0.1) is 0 Å². The van der Waals surface area contributed by atoms with E-state index in [-0.39, 0.29) is 5.91 Å².